The van der Waals surface area contributed by atoms with Crippen LogP contribution in [0.4, 0.5) is 0 Å². The minimum Gasteiger partial charge on any atom is -0.464 e. The maximum atomic E-state index is 11.3. The molecule has 0 spiro atoms. The zero-order chi connectivity index (χ0) is 10.9. The van der Waals surface area contributed by atoms with Crippen LogP contribution in [0.2, 0.25) is 0 Å². The third-order valence-corrected chi connectivity index (χ3v) is 2.86. The number of hydrogen-bond acceptors (Lipinski definition) is 3. The van der Waals surface area contributed by atoms with Gasteiger partial charge >= 0.3 is 5.97 Å². The molecule has 0 saturated heterocycles. The average molecular weight is 261 g/mol. The average Bonchev–Trinajstić information content (AvgIpc) is 2.43. The second-order valence-corrected chi connectivity index (χ2v) is 4.07. The fourth-order valence-corrected chi connectivity index (χ4v) is 1.67. The molecule has 5 heteroatoms. The van der Waals surface area contributed by atoms with Crippen molar-refractivity contribution in [2.24, 2.45) is 7.05 Å². The lowest BCUT2D eigenvalue weighted by Gasteiger charge is -2.03. The van der Waals surface area contributed by atoms with Crippen molar-refractivity contribution in [3.63, 3.8) is 0 Å². The summed E-state index contributed by atoms with van der Waals surface area (Å²) in [6, 6.07) is 0. The Morgan fingerprint density at radius 1 is 1.57 bits per heavy atom. The summed E-state index contributed by atoms with van der Waals surface area (Å²) in [6.07, 6.45) is 0. The topological polar surface area (TPSA) is 44.1 Å². The fourth-order valence-electron chi connectivity index (χ4n) is 1.24. The molecule has 1 rings (SSSR count). The zero-order valence-electron chi connectivity index (χ0n) is 8.67. The highest BCUT2D eigenvalue weighted by Crippen LogP contribution is 2.22. The van der Waals surface area contributed by atoms with Crippen molar-refractivity contribution < 1.29 is 9.53 Å². The van der Waals surface area contributed by atoms with Gasteiger partial charge in [0, 0.05) is 13.0 Å². The lowest BCUT2D eigenvalue weighted by Crippen LogP contribution is -2.02. The molecule has 0 N–H and O–H groups in total. The molecule has 0 amide bonds. The van der Waals surface area contributed by atoms with E-state index in [1.807, 2.05) is 25.5 Å². The van der Waals surface area contributed by atoms with Gasteiger partial charge in [-0.25, -0.2) is 9.78 Å². The van der Waals surface area contributed by atoms with Crippen molar-refractivity contribution in [3.8, 4) is 0 Å². The Morgan fingerprint density at radius 2 is 2.14 bits per heavy atom. The second kappa shape index (κ2) is 4.13. The smallest absolute Gasteiger partial charge is 0.359 e. The Kier molecular flexibility index (Phi) is 3.31. The van der Waals surface area contributed by atoms with E-state index in [2.05, 4.69) is 25.7 Å². The van der Waals surface area contributed by atoms with Gasteiger partial charge in [0.2, 0.25) is 0 Å². The molecule has 1 aromatic heterocycles. The molecule has 0 aliphatic heterocycles. The van der Waals surface area contributed by atoms with Crippen molar-refractivity contribution in [2.75, 3.05) is 7.11 Å². The van der Waals surface area contributed by atoms with Crippen LogP contribution in [0, 0.1) is 0 Å². The van der Waals surface area contributed by atoms with Crippen molar-refractivity contribution in [1.29, 1.82) is 0 Å². The van der Waals surface area contributed by atoms with E-state index in [0.29, 0.717) is 10.3 Å². The maximum absolute atomic E-state index is 11.3. The van der Waals surface area contributed by atoms with Gasteiger partial charge in [0.25, 0.3) is 0 Å². The molecule has 0 aromatic carbocycles. The largest absolute Gasteiger partial charge is 0.464 e. The first kappa shape index (κ1) is 11.2. The number of halogens is 1. The van der Waals surface area contributed by atoms with Crippen LogP contribution >= 0.6 is 15.9 Å². The third-order valence-electron chi connectivity index (χ3n) is 1.96. The molecular weight excluding hydrogens is 248 g/mol. The number of carbonyl (C=O) groups excluding carboxylic acids is 1. The predicted octanol–water partition coefficient (Wildman–Crippen LogP) is 2.09. The number of aromatic nitrogens is 2. The Hall–Kier alpha value is -0.840. The summed E-state index contributed by atoms with van der Waals surface area (Å²) in [6.45, 7) is 4.05. The first-order valence-corrected chi connectivity index (χ1v) is 5.08. The van der Waals surface area contributed by atoms with Crippen LogP contribution in [-0.2, 0) is 11.8 Å². The first-order valence-electron chi connectivity index (χ1n) is 4.29. The van der Waals surface area contributed by atoms with E-state index < -0.39 is 5.97 Å². The number of imidazole rings is 1. The second-order valence-electron chi connectivity index (χ2n) is 3.31. The number of carbonyl (C=O) groups is 1. The van der Waals surface area contributed by atoms with E-state index in [4.69, 9.17) is 0 Å². The summed E-state index contributed by atoms with van der Waals surface area (Å²) >= 11 is 3.31. The summed E-state index contributed by atoms with van der Waals surface area (Å²) < 4.78 is 7.12. The van der Waals surface area contributed by atoms with E-state index in [9.17, 15) is 4.79 Å². The van der Waals surface area contributed by atoms with Crippen molar-refractivity contribution >= 4 is 21.9 Å². The van der Waals surface area contributed by atoms with Gasteiger partial charge in [0.15, 0.2) is 5.69 Å². The van der Waals surface area contributed by atoms with Gasteiger partial charge in [0.1, 0.15) is 10.4 Å². The molecule has 4 nitrogen and oxygen atoms in total. The molecule has 0 aliphatic rings. The Bertz CT molecular complexity index is 358. The van der Waals surface area contributed by atoms with E-state index in [1.54, 1.807) is 0 Å². The van der Waals surface area contributed by atoms with Crippen molar-refractivity contribution in [1.82, 2.24) is 9.55 Å². The SMILES string of the molecule is COC(=O)c1nc(C(C)C)n(C)c1Br. The predicted molar refractivity (Wildman–Crippen MR) is 56.3 cm³/mol. The van der Waals surface area contributed by atoms with Gasteiger partial charge in [-0.1, -0.05) is 13.8 Å². The quantitative estimate of drug-likeness (QED) is 0.766. The van der Waals surface area contributed by atoms with Crippen LogP contribution in [0.5, 0.6) is 0 Å². The standard InChI is InChI=1S/C9H13BrN2O2/c1-5(2)8-11-6(9(13)14-4)7(10)12(8)3/h5H,1-4H3. The van der Waals surface area contributed by atoms with E-state index in [-0.39, 0.29) is 5.92 Å². The van der Waals surface area contributed by atoms with E-state index >= 15 is 0 Å². The van der Waals surface area contributed by atoms with Crippen LogP contribution in [-0.4, -0.2) is 22.6 Å². The van der Waals surface area contributed by atoms with Gasteiger partial charge in [-0.05, 0) is 15.9 Å². The van der Waals surface area contributed by atoms with Crippen molar-refractivity contribution in [2.45, 2.75) is 19.8 Å². The summed E-state index contributed by atoms with van der Waals surface area (Å²) in [5.74, 6) is 0.714. The van der Waals surface area contributed by atoms with Gasteiger partial charge in [-0.3, -0.25) is 0 Å². The number of nitrogens with zero attached hydrogens (tertiary/aromatic N) is 2. The number of esters is 1. The minimum atomic E-state index is -0.417. The van der Waals surface area contributed by atoms with Crippen LogP contribution in [0.1, 0.15) is 36.1 Å². The van der Waals surface area contributed by atoms with E-state index in [1.165, 1.54) is 7.11 Å². The molecule has 1 heterocycles. The van der Waals surface area contributed by atoms with Crippen LogP contribution < -0.4 is 0 Å². The molecule has 1 aromatic rings. The number of hydrogen-bond donors (Lipinski definition) is 0. The summed E-state index contributed by atoms with van der Waals surface area (Å²) in [5.41, 5.74) is 0.332. The molecule has 0 radical (unpaired) electrons. The maximum Gasteiger partial charge on any atom is 0.359 e. The van der Waals surface area contributed by atoms with Gasteiger partial charge < -0.3 is 9.30 Å². The molecule has 0 bridgehead atoms. The number of ether oxygens (including phenoxy) is 1. The number of methoxy groups -OCH3 is 1. The van der Waals surface area contributed by atoms with Crippen LogP contribution in [0.3, 0.4) is 0 Å². The summed E-state index contributed by atoms with van der Waals surface area (Å²) in [5, 5.41) is 0. The highest BCUT2D eigenvalue weighted by atomic mass is 79.9. The lowest BCUT2D eigenvalue weighted by molar-refractivity contribution is 0.0593. The van der Waals surface area contributed by atoms with Crippen LogP contribution in [0.25, 0.3) is 0 Å². The van der Waals surface area contributed by atoms with Crippen molar-refractivity contribution in [3.05, 3.63) is 16.1 Å². The van der Waals surface area contributed by atoms with Gasteiger partial charge in [-0.2, -0.15) is 0 Å². The molecule has 0 aliphatic carbocycles. The normalized spacial score (nSPS) is 10.7. The van der Waals surface area contributed by atoms with Gasteiger partial charge in [0.05, 0.1) is 7.11 Å². The molecule has 0 saturated carbocycles. The monoisotopic (exact) mass is 260 g/mol. The highest BCUT2D eigenvalue weighted by Gasteiger charge is 2.20. The summed E-state index contributed by atoms with van der Waals surface area (Å²) in [4.78, 5) is 15.5. The molecule has 14 heavy (non-hydrogen) atoms. The highest BCUT2D eigenvalue weighted by molar-refractivity contribution is 9.10. The van der Waals surface area contributed by atoms with E-state index in [0.717, 1.165) is 5.82 Å². The number of rotatable bonds is 2. The first-order chi connectivity index (χ1) is 6.49. The molecule has 0 atom stereocenters. The minimum absolute atomic E-state index is 0.273. The molecule has 0 unspecified atom stereocenters. The fraction of sp³-hybridized carbons (Fsp3) is 0.556. The van der Waals surface area contributed by atoms with Crippen LogP contribution in [0.15, 0.2) is 4.60 Å². The molecular formula is C9H13BrN2O2. The molecule has 78 valence electrons. The zero-order valence-corrected chi connectivity index (χ0v) is 10.3. The lowest BCUT2D eigenvalue weighted by atomic mass is 10.2. The third kappa shape index (κ3) is 1.82. The van der Waals surface area contributed by atoms with Gasteiger partial charge in [-0.15, -0.1) is 0 Å². The summed E-state index contributed by atoms with van der Waals surface area (Å²) in [7, 11) is 3.21. The Labute approximate surface area is 91.4 Å². The molecule has 0 fully saturated rings. The Morgan fingerprint density at radius 3 is 2.50 bits per heavy atom. The Balaban J connectivity index is 3.21.